The van der Waals surface area contributed by atoms with E-state index in [1.165, 1.54) is 43.2 Å². The average molecular weight is 293 g/mol. The first-order chi connectivity index (χ1) is 10.7. The molecule has 0 bridgehead atoms. The summed E-state index contributed by atoms with van der Waals surface area (Å²) in [7, 11) is 0. The molecule has 0 aliphatic heterocycles. The Kier molecular flexibility index (Phi) is 4.57. The molecule has 1 heterocycles. The lowest BCUT2D eigenvalue weighted by Gasteiger charge is -2.25. The lowest BCUT2D eigenvalue weighted by Crippen LogP contribution is -2.09. The molecular weight excluding hydrogens is 270 g/mol. The summed E-state index contributed by atoms with van der Waals surface area (Å²) in [5.74, 6) is 0.922. The Morgan fingerprint density at radius 2 is 1.82 bits per heavy atom. The molecule has 22 heavy (non-hydrogen) atoms. The molecule has 1 aliphatic carbocycles. The number of phenols is 1. The monoisotopic (exact) mass is 293 g/mol. The number of rotatable bonds is 3. The van der Waals surface area contributed by atoms with Gasteiger partial charge in [-0.05, 0) is 61.1 Å². The molecule has 1 saturated carbocycles. The van der Waals surface area contributed by atoms with Crippen molar-refractivity contribution in [3.8, 4) is 5.75 Å². The molecular formula is C20H23NO. The average Bonchev–Trinajstić information content (AvgIpc) is 2.57. The van der Waals surface area contributed by atoms with Gasteiger partial charge in [0.2, 0.25) is 0 Å². The first kappa shape index (κ1) is 14.8. The smallest absolute Gasteiger partial charge is 0.123 e. The minimum Gasteiger partial charge on any atom is -0.507 e. The number of hydrogen-bond acceptors (Lipinski definition) is 2. The van der Waals surface area contributed by atoms with Crippen molar-refractivity contribution in [2.75, 3.05) is 0 Å². The summed E-state index contributed by atoms with van der Waals surface area (Å²) < 4.78 is 0. The molecule has 0 radical (unpaired) electrons. The Balaban J connectivity index is 2.06. The van der Waals surface area contributed by atoms with Gasteiger partial charge in [-0.15, -0.1) is 0 Å². The summed E-state index contributed by atoms with van der Waals surface area (Å²) in [5.41, 5.74) is 4.59. The maximum atomic E-state index is 10.4. The third-order valence-electron chi connectivity index (χ3n) is 4.54. The van der Waals surface area contributed by atoms with Gasteiger partial charge in [0.25, 0.3) is 0 Å². The Hall–Kier alpha value is -2.09. The first-order valence-corrected chi connectivity index (χ1v) is 8.15. The molecule has 2 aromatic rings. The van der Waals surface area contributed by atoms with Crippen LogP contribution in [0.25, 0.3) is 11.6 Å². The van der Waals surface area contributed by atoms with Gasteiger partial charge in [-0.25, -0.2) is 0 Å². The van der Waals surface area contributed by atoms with Crippen molar-refractivity contribution in [2.45, 2.75) is 39.0 Å². The van der Waals surface area contributed by atoms with Crippen molar-refractivity contribution in [3.05, 3.63) is 59.4 Å². The van der Waals surface area contributed by atoms with Crippen LogP contribution in [0.2, 0.25) is 0 Å². The minimum atomic E-state index is 0.386. The maximum Gasteiger partial charge on any atom is 0.123 e. The lowest BCUT2D eigenvalue weighted by atomic mass is 9.80. The summed E-state index contributed by atoms with van der Waals surface area (Å²) in [4.78, 5) is 4.09. The minimum absolute atomic E-state index is 0.386. The van der Waals surface area contributed by atoms with Crippen LogP contribution in [0.5, 0.6) is 5.75 Å². The van der Waals surface area contributed by atoms with Crippen LogP contribution in [0, 0.1) is 12.8 Å². The van der Waals surface area contributed by atoms with Crippen LogP contribution >= 0.6 is 0 Å². The second-order valence-corrected chi connectivity index (χ2v) is 6.24. The van der Waals surface area contributed by atoms with Crippen molar-refractivity contribution >= 4 is 11.6 Å². The summed E-state index contributed by atoms with van der Waals surface area (Å²) in [6.45, 7) is 2.08. The predicted octanol–water partition coefficient (Wildman–Crippen LogP) is 5.22. The van der Waals surface area contributed by atoms with Crippen LogP contribution in [0.1, 0.15) is 48.8 Å². The van der Waals surface area contributed by atoms with Crippen LogP contribution in [-0.2, 0) is 0 Å². The van der Waals surface area contributed by atoms with E-state index >= 15 is 0 Å². The molecule has 0 saturated heterocycles. The van der Waals surface area contributed by atoms with E-state index in [1.807, 2.05) is 36.7 Å². The summed E-state index contributed by atoms with van der Waals surface area (Å²) in [6, 6.07) is 9.93. The Bertz CT molecular complexity index is 655. The van der Waals surface area contributed by atoms with Gasteiger partial charge in [0, 0.05) is 18.0 Å². The van der Waals surface area contributed by atoms with Gasteiger partial charge in [0.05, 0.1) is 0 Å². The second kappa shape index (κ2) is 6.78. The molecule has 2 heteroatoms. The maximum absolute atomic E-state index is 10.4. The second-order valence-electron chi connectivity index (χ2n) is 6.24. The van der Waals surface area contributed by atoms with Gasteiger partial charge in [-0.1, -0.05) is 37.0 Å². The van der Waals surface area contributed by atoms with Crippen molar-refractivity contribution < 1.29 is 5.11 Å². The highest BCUT2D eigenvalue weighted by Crippen LogP contribution is 2.39. The zero-order valence-corrected chi connectivity index (χ0v) is 13.1. The first-order valence-electron chi connectivity index (χ1n) is 8.15. The molecule has 114 valence electrons. The van der Waals surface area contributed by atoms with Gasteiger partial charge >= 0.3 is 0 Å². The van der Waals surface area contributed by atoms with Crippen LogP contribution in [0.3, 0.4) is 0 Å². The van der Waals surface area contributed by atoms with E-state index in [-0.39, 0.29) is 0 Å². The zero-order chi connectivity index (χ0) is 15.4. The van der Waals surface area contributed by atoms with E-state index in [0.717, 1.165) is 11.1 Å². The van der Waals surface area contributed by atoms with Gasteiger partial charge in [-0.2, -0.15) is 0 Å². The zero-order valence-electron chi connectivity index (χ0n) is 13.1. The third kappa shape index (κ3) is 3.38. The summed E-state index contributed by atoms with van der Waals surface area (Å²) >= 11 is 0. The molecule has 0 spiro atoms. The normalized spacial score (nSPS) is 16.7. The van der Waals surface area contributed by atoms with Gasteiger partial charge in [0.15, 0.2) is 0 Å². The topological polar surface area (TPSA) is 33.1 Å². The SMILES string of the molecule is Cc1ccc(O)c(/C(=C/c2ccncc2)C2CCCCC2)c1. The Morgan fingerprint density at radius 3 is 2.55 bits per heavy atom. The largest absolute Gasteiger partial charge is 0.507 e. The van der Waals surface area contributed by atoms with Crippen LogP contribution in [-0.4, -0.2) is 10.1 Å². The number of aromatic hydroxyl groups is 1. The molecule has 0 amide bonds. The van der Waals surface area contributed by atoms with Gasteiger partial charge in [0.1, 0.15) is 5.75 Å². The van der Waals surface area contributed by atoms with E-state index in [1.54, 1.807) is 0 Å². The van der Waals surface area contributed by atoms with E-state index in [9.17, 15) is 5.11 Å². The van der Waals surface area contributed by atoms with Crippen molar-refractivity contribution in [1.29, 1.82) is 0 Å². The molecule has 0 atom stereocenters. The summed E-state index contributed by atoms with van der Waals surface area (Å²) in [6.07, 6.45) is 12.2. The highest BCUT2D eigenvalue weighted by Gasteiger charge is 2.21. The van der Waals surface area contributed by atoms with Crippen molar-refractivity contribution in [2.24, 2.45) is 5.92 Å². The molecule has 0 unspecified atom stereocenters. The number of aromatic nitrogens is 1. The van der Waals surface area contributed by atoms with Crippen LogP contribution in [0.4, 0.5) is 0 Å². The highest BCUT2D eigenvalue weighted by atomic mass is 16.3. The van der Waals surface area contributed by atoms with Crippen LogP contribution < -0.4 is 0 Å². The molecule has 1 N–H and O–H groups in total. The fourth-order valence-corrected chi connectivity index (χ4v) is 3.35. The van der Waals surface area contributed by atoms with Gasteiger partial charge in [-0.3, -0.25) is 4.98 Å². The van der Waals surface area contributed by atoms with Crippen LogP contribution in [0.15, 0.2) is 42.7 Å². The number of phenolic OH excluding ortho intramolecular Hbond substituents is 1. The molecule has 1 aromatic carbocycles. The molecule has 1 aromatic heterocycles. The van der Waals surface area contributed by atoms with E-state index in [2.05, 4.69) is 24.1 Å². The summed E-state index contributed by atoms with van der Waals surface area (Å²) in [5, 5.41) is 10.4. The third-order valence-corrected chi connectivity index (χ3v) is 4.54. The molecule has 1 fully saturated rings. The number of benzene rings is 1. The lowest BCUT2D eigenvalue weighted by molar-refractivity contribution is 0.426. The standard InChI is InChI=1S/C20H23NO/c1-15-7-8-20(22)19(13-15)18(17-5-3-2-4-6-17)14-16-9-11-21-12-10-16/h7-14,17,22H,2-6H2,1H3/b18-14+. The molecule has 1 aliphatic rings. The number of allylic oxidation sites excluding steroid dienone is 1. The molecule has 3 rings (SSSR count). The predicted molar refractivity (Wildman–Crippen MR) is 91.5 cm³/mol. The van der Waals surface area contributed by atoms with E-state index in [0.29, 0.717) is 11.7 Å². The Morgan fingerprint density at radius 1 is 1.09 bits per heavy atom. The molecule has 2 nitrogen and oxygen atoms in total. The highest BCUT2D eigenvalue weighted by molar-refractivity contribution is 5.85. The van der Waals surface area contributed by atoms with E-state index in [4.69, 9.17) is 0 Å². The fraction of sp³-hybridized carbons (Fsp3) is 0.350. The van der Waals surface area contributed by atoms with Gasteiger partial charge < -0.3 is 5.11 Å². The fourth-order valence-electron chi connectivity index (χ4n) is 3.35. The Labute approximate surface area is 132 Å². The van der Waals surface area contributed by atoms with Crippen molar-refractivity contribution in [3.63, 3.8) is 0 Å². The van der Waals surface area contributed by atoms with E-state index < -0.39 is 0 Å². The number of hydrogen-bond donors (Lipinski definition) is 1. The number of nitrogens with zero attached hydrogens (tertiary/aromatic N) is 1. The number of pyridine rings is 1. The number of aryl methyl sites for hydroxylation is 1. The van der Waals surface area contributed by atoms with Crippen molar-refractivity contribution in [1.82, 2.24) is 4.98 Å². The quantitative estimate of drug-likeness (QED) is 0.842.